The molecule has 4 nitrogen and oxygen atoms in total. The van der Waals surface area contributed by atoms with Gasteiger partial charge in [0.1, 0.15) is 5.82 Å². The molecular weight excluding hydrogens is 226 g/mol. The fourth-order valence-electron chi connectivity index (χ4n) is 2.10. The van der Waals surface area contributed by atoms with E-state index in [4.69, 9.17) is 0 Å². The Labute approximate surface area is 108 Å². The number of carbonyl (C=O) groups is 1. The maximum atomic E-state index is 12.1. The normalized spacial score (nSPS) is 16.8. The average Bonchev–Trinajstić information content (AvgIpc) is 2.34. The number of amides is 1. The summed E-state index contributed by atoms with van der Waals surface area (Å²) < 4.78 is 0. The molecule has 1 saturated carbocycles. The van der Waals surface area contributed by atoms with Gasteiger partial charge in [-0.05, 0) is 44.7 Å². The van der Waals surface area contributed by atoms with Crippen LogP contribution in [0.4, 0.5) is 5.82 Å². The molecule has 4 heteroatoms. The number of pyridine rings is 1. The molecular formula is C14H21N3O. The summed E-state index contributed by atoms with van der Waals surface area (Å²) in [4.78, 5) is 16.3. The van der Waals surface area contributed by atoms with Crippen LogP contribution in [0, 0.1) is 0 Å². The molecule has 0 radical (unpaired) electrons. The van der Waals surface area contributed by atoms with E-state index in [-0.39, 0.29) is 11.4 Å². The lowest BCUT2D eigenvalue weighted by molar-refractivity contribution is 0.0850. The number of anilines is 1. The standard InChI is InChI=1S/C14H21N3O/c1-3-8-15-12-10-11(5-9-16-12)13(18)17-14(2)6-4-7-14/h5,9-10H,3-4,6-8H2,1-2H3,(H,15,16)(H,17,18). The Morgan fingerprint density at radius 3 is 2.89 bits per heavy atom. The SMILES string of the molecule is CCCNc1cc(C(=O)NC2(C)CCC2)ccn1. The van der Waals surface area contributed by atoms with Crippen molar-refractivity contribution in [2.24, 2.45) is 0 Å². The van der Waals surface area contributed by atoms with E-state index < -0.39 is 0 Å². The molecule has 98 valence electrons. The van der Waals surface area contributed by atoms with E-state index >= 15 is 0 Å². The van der Waals surface area contributed by atoms with Crippen molar-refractivity contribution in [1.29, 1.82) is 0 Å². The van der Waals surface area contributed by atoms with E-state index in [1.807, 2.05) is 6.07 Å². The Kier molecular flexibility index (Phi) is 3.84. The molecule has 1 fully saturated rings. The zero-order valence-corrected chi connectivity index (χ0v) is 11.1. The van der Waals surface area contributed by atoms with E-state index in [2.05, 4.69) is 29.5 Å². The molecule has 2 rings (SSSR count). The molecule has 1 aliphatic carbocycles. The van der Waals surface area contributed by atoms with Crippen LogP contribution >= 0.6 is 0 Å². The predicted octanol–water partition coefficient (Wildman–Crippen LogP) is 2.58. The van der Waals surface area contributed by atoms with Crippen LogP contribution in [0.1, 0.15) is 49.9 Å². The maximum absolute atomic E-state index is 12.1. The van der Waals surface area contributed by atoms with Gasteiger partial charge >= 0.3 is 0 Å². The maximum Gasteiger partial charge on any atom is 0.251 e. The van der Waals surface area contributed by atoms with E-state index in [0.29, 0.717) is 5.56 Å². The van der Waals surface area contributed by atoms with Crippen LogP contribution in [0.2, 0.25) is 0 Å². The second-order valence-corrected chi connectivity index (χ2v) is 5.22. The average molecular weight is 247 g/mol. The fourth-order valence-corrected chi connectivity index (χ4v) is 2.10. The molecule has 2 N–H and O–H groups in total. The van der Waals surface area contributed by atoms with Gasteiger partial charge in [-0.25, -0.2) is 4.98 Å². The van der Waals surface area contributed by atoms with E-state index in [0.717, 1.165) is 31.6 Å². The van der Waals surface area contributed by atoms with Crippen LogP contribution in [-0.2, 0) is 0 Å². The minimum Gasteiger partial charge on any atom is -0.370 e. The number of carbonyl (C=O) groups excluding carboxylic acids is 1. The Balaban J connectivity index is 2.00. The first-order valence-electron chi connectivity index (χ1n) is 6.65. The highest BCUT2D eigenvalue weighted by molar-refractivity contribution is 5.95. The molecule has 18 heavy (non-hydrogen) atoms. The van der Waals surface area contributed by atoms with Gasteiger partial charge in [0.15, 0.2) is 0 Å². The molecule has 0 unspecified atom stereocenters. The highest BCUT2D eigenvalue weighted by Crippen LogP contribution is 2.31. The van der Waals surface area contributed by atoms with Gasteiger partial charge in [-0.15, -0.1) is 0 Å². The molecule has 1 heterocycles. The summed E-state index contributed by atoms with van der Waals surface area (Å²) in [7, 11) is 0. The molecule has 0 spiro atoms. The summed E-state index contributed by atoms with van der Waals surface area (Å²) in [6.07, 6.45) is 6.07. The van der Waals surface area contributed by atoms with Crippen molar-refractivity contribution in [1.82, 2.24) is 10.3 Å². The van der Waals surface area contributed by atoms with Crippen molar-refractivity contribution < 1.29 is 4.79 Å². The number of hydrogen-bond donors (Lipinski definition) is 2. The van der Waals surface area contributed by atoms with Gasteiger partial charge in [-0.1, -0.05) is 6.92 Å². The van der Waals surface area contributed by atoms with Gasteiger partial charge in [-0.2, -0.15) is 0 Å². The van der Waals surface area contributed by atoms with Gasteiger partial charge < -0.3 is 10.6 Å². The van der Waals surface area contributed by atoms with Gasteiger partial charge in [0.25, 0.3) is 5.91 Å². The summed E-state index contributed by atoms with van der Waals surface area (Å²) in [5.41, 5.74) is 0.675. The van der Waals surface area contributed by atoms with Gasteiger partial charge in [0, 0.05) is 23.8 Å². The van der Waals surface area contributed by atoms with E-state index in [1.165, 1.54) is 6.42 Å². The first-order valence-corrected chi connectivity index (χ1v) is 6.65. The van der Waals surface area contributed by atoms with Crippen LogP contribution in [0.25, 0.3) is 0 Å². The molecule has 1 aromatic heterocycles. The highest BCUT2D eigenvalue weighted by Gasteiger charge is 2.33. The van der Waals surface area contributed by atoms with E-state index in [1.54, 1.807) is 12.3 Å². The van der Waals surface area contributed by atoms with Crippen LogP contribution in [-0.4, -0.2) is 23.0 Å². The van der Waals surface area contributed by atoms with Gasteiger partial charge in [0.05, 0.1) is 0 Å². The minimum absolute atomic E-state index is 0.000788. The lowest BCUT2D eigenvalue weighted by Crippen LogP contribution is -2.50. The number of nitrogens with one attached hydrogen (secondary N) is 2. The molecule has 0 bridgehead atoms. The fraction of sp³-hybridized carbons (Fsp3) is 0.571. The molecule has 0 aromatic carbocycles. The Hall–Kier alpha value is -1.58. The first kappa shape index (κ1) is 12.9. The predicted molar refractivity (Wildman–Crippen MR) is 72.7 cm³/mol. The molecule has 1 aromatic rings. The number of rotatable bonds is 5. The molecule has 1 amide bonds. The van der Waals surface area contributed by atoms with Crippen LogP contribution in [0.5, 0.6) is 0 Å². The lowest BCUT2D eigenvalue weighted by atomic mass is 9.78. The summed E-state index contributed by atoms with van der Waals surface area (Å²) >= 11 is 0. The lowest BCUT2D eigenvalue weighted by Gasteiger charge is -2.39. The van der Waals surface area contributed by atoms with Crippen LogP contribution in [0.3, 0.4) is 0 Å². The molecule has 0 atom stereocenters. The van der Waals surface area contributed by atoms with Crippen molar-refractivity contribution >= 4 is 11.7 Å². The first-order chi connectivity index (χ1) is 8.63. The molecule has 1 aliphatic rings. The Morgan fingerprint density at radius 2 is 2.28 bits per heavy atom. The number of aromatic nitrogens is 1. The Morgan fingerprint density at radius 1 is 1.50 bits per heavy atom. The zero-order chi connectivity index (χ0) is 13.0. The zero-order valence-electron chi connectivity index (χ0n) is 11.1. The van der Waals surface area contributed by atoms with Crippen molar-refractivity contribution in [3.63, 3.8) is 0 Å². The topological polar surface area (TPSA) is 54.0 Å². The smallest absolute Gasteiger partial charge is 0.251 e. The number of hydrogen-bond acceptors (Lipinski definition) is 3. The second-order valence-electron chi connectivity index (χ2n) is 5.22. The minimum atomic E-state index is -0.00262. The summed E-state index contributed by atoms with van der Waals surface area (Å²) in [6.45, 7) is 5.07. The largest absolute Gasteiger partial charge is 0.370 e. The van der Waals surface area contributed by atoms with Crippen molar-refractivity contribution in [3.05, 3.63) is 23.9 Å². The van der Waals surface area contributed by atoms with Crippen LogP contribution < -0.4 is 10.6 Å². The third-order valence-corrected chi connectivity index (χ3v) is 3.45. The third kappa shape index (κ3) is 3.00. The summed E-state index contributed by atoms with van der Waals surface area (Å²) in [5.74, 6) is 0.766. The van der Waals surface area contributed by atoms with Gasteiger partial charge in [-0.3, -0.25) is 4.79 Å². The summed E-state index contributed by atoms with van der Waals surface area (Å²) in [6, 6.07) is 3.57. The Bertz CT molecular complexity index is 427. The van der Waals surface area contributed by atoms with E-state index in [9.17, 15) is 4.79 Å². The monoisotopic (exact) mass is 247 g/mol. The molecule has 0 saturated heterocycles. The number of nitrogens with zero attached hydrogens (tertiary/aromatic N) is 1. The van der Waals surface area contributed by atoms with Crippen molar-refractivity contribution in [2.45, 2.75) is 45.1 Å². The van der Waals surface area contributed by atoms with Gasteiger partial charge in [0.2, 0.25) is 0 Å². The van der Waals surface area contributed by atoms with Crippen molar-refractivity contribution in [2.75, 3.05) is 11.9 Å². The summed E-state index contributed by atoms with van der Waals surface area (Å²) in [5, 5.41) is 6.29. The van der Waals surface area contributed by atoms with Crippen molar-refractivity contribution in [3.8, 4) is 0 Å². The third-order valence-electron chi connectivity index (χ3n) is 3.45. The second kappa shape index (κ2) is 5.38. The highest BCUT2D eigenvalue weighted by atomic mass is 16.1. The molecule has 0 aliphatic heterocycles. The van der Waals surface area contributed by atoms with Crippen LogP contribution in [0.15, 0.2) is 18.3 Å². The quantitative estimate of drug-likeness (QED) is 0.840.